The van der Waals surface area contributed by atoms with Crippen LogP contribution in [0.1, 0.15) is 40.7 Å². The molecule has 1 aliphatic carbocycles. The van der Waals surface area contributed by atoms with Crippen molar-refractivity contribution in [2.24, 2.45) is 0 Å². The second kappa shape index (κ2) is 4.65. The molecule has 2 aromatic rings. The van der Waals surface area contributed by atoms with E-state index in [-0.39, 0.29) is 11.2 Å². The van der Waals surface area contributed by atoms with Gasteiger partial charge in [-0.15, -0.1) is 0 Å². The van der Waals surface area contributed by atoms with Crippen LogP contribution < -0.4 is 0 Å². The van der Waals surface area contributed by atoms with E-state index in [0.717, 1.165) is 24.8 Å². The molecule has 96 valence electrons. The Kier molecular flexibility index (Phi) is 2.98. The second-order valence-electron chi connectivity index (χ2n) is 5.50. The molecule has 3 rings (SSSR count). The van der Waals surface area contributed by atoms with E-state index in [1.165, 1.54) is 11.1 Å². The van der Waals surface area contributed by atoms with Crippen LogP contribution in [-0.4, -0.2) is 5.78 Å². The van der Waals surface area contributed by atoms with Crippen molar-refractivity contribution < 1.29 is 4.79 Å². The monoisotopic (exact) mass is 250 g/mol. The molecular weight excluding hydrogens is 232 g/mol. The highest BCUT2D eigenvalue weighted by Crippen LogP contribution is 2.46. The zero-order valence-corrected chi connectivity index (χ0v) is 11.2. The molecule has 0 aromatic heterocycles. The van der Waals surface area contributed by atoms with Crippen LogP contribution >= 0.6 is 0 Å². The van der Waals surface area contributed by atoms with Crippen molar-refractivity contribution in [3.8, 4) is 0 Å². The van der Waals surface area contributed by atoms with Crippen LogP contribution in [0.4, 0.5) is 0 Å². The van der Waals surface area contributed by atoms with E-state index in [0.29, 0.717) is 0 Å². The van der Waals surface area contributed by atoms with Gasteiger partial charge in [0.1, 0.15) is 0 Å². The van der Waals surface area contributed by atoms with E-state index in [1.54, 1.807) is 0 Å². The molecule has 0 saturated heterocycles. The van der Waals surface area contributed by atoms with Gasteiger partial charge >= 0.3 is 0 Å². The van der Waals surface area contributed by atoms with Crippen LogP contribution in [0.5, 0.6) is 0 Å². The Balaban J connectivity index is 1.99. The average molecular weight is 250 g/mol. The summed E-state index contributed by atoms with van der Waals surface area (Å²) in [6.45, 7) is 2.05. The first kappa shape index (κ1) is 12.2. The van der Waals surface area contributed by atoms with Gasteiger partial charge in [0.15, 0.2) is 5.78 Å². The lowest BCUT2D eigenvalue weighted by molar-refractivity contribution is 0.0789. The number of rotatable bonds is 3. The van der Waals surface area contributed by atoms with Gasteiger partial charge in [-0.3, -0.25) is 4.79 Å². The minimum atomic E-state index is -0.267. The lowest BCUT2D eigenvalue weighted by Crippen LogP contribution is -2.42. The predicted octanol–water partition coefficient (Wildman–Crippen LogP) is 4.30. The van der Waals surface area contributed by atoms with Gasteiger partial charge in [0, 0.05) is 5.56 Å². The van der Waals surface area contributed by atoms with Gasteiger partial charge in [-0.05, 0) is 25.3 Å². The Hall–Kier alpha value is -1.89. The second-order valence-corrected chi connectivity index (χ2v) is 5.50. The molecule has 1 heteroatoms. The van der Waals surface area contributed by atoms with E-state index in [9.17, 15) is 4.79 Å². The zero-order valence-electron chi connectivity index (χ0n) is 11.2. The minimum absolute atomic E-state index is 0.267. The lowest BCUT2D eigenvalue weighted by atomic mass is 9.61. The summed E-state index contributed by atoms with van der Waals surface area (Å²) in [7, 11) is 0. The number of carbonyl (C=O) groups is 1. The Morgan fingerprint density at radius 1 is 0.947 bits per heavy atom. The molecule has 0 aliphatic heterocycles. The molecule has 1 nitrogen and oxygen atoms in total. The van der Waals surface area contributed by atoms with Crippen molar-refractivity contribution in [3.05, 3.63) is 71.3 Å². The summed E-state index contributed by atoms with van der Waals surface area (Å²) in [6, 6.07) is 18.2. The standard InChI is InChI=1S/C18H18O/c1-14-8-10-15(11-9-14)17(19)18(12-5-13-18)16-6-3-2-4-7-16/h2-4,6-11H,5,12-13H2,1H3. The van der Waals surface area contributed by atoms with E-state index in [1.807, 2.05) is 49.4 Å². The first-order chi connectivity index (χ1) is 9.22. The van der Waals surface area contributed by atoms with Crippen LogP contribution in [-0.2, 0) is 5.41 Å². The van der Waals surface area contributed by atoms with E-state index in [2.05, 4.69) is 12.1 Å². The maximum absolute atomic E-state index is 12.9. The SMILES string of the molecule is Cc1ccc(C(=O)C2(c3ccccc3)CCC2)cc1. The zero-order chi connectivity index (χ0) is 13.3. The highest BCUT2D eigenvalue weighted by Gasteiger charge is 2.45. The van der Waals surface area contributed by atoms with Gasteiger partial charge in [0.05, 0.1) is 5.41 Å². The number of benzene rings is 2. The maximum Gasteiger partial charge on any atom is 0.173 e. The van der Waals surface area contributed by atoms with Crippen LogP contribution in [0.25, 0.3) is 0 Å². The highest BCUT2D eigenvalue weighted by molar-refractivity contribution is 6.04. The third-order valence-corrected chi connectivity index (χ3v) is 4.28. The average Bonchev–Trinajstić information content (AvgIpc) is 2.39. The van der Waals surface area contributed by atoms with Crippen molar-refractivity contribution in [2.75, 3.05) is 0 Å². The molecule has 0 bridgehead atoms. The topological polar surface area (TPSA) is 17.1 Å². The van der Waals surface area contributed by atoms with Crippen molar-refractivity contribution in [3.63, 3.8) is 0 Å². The lowest BCUT2D eigenvalue weighted by Gasteiger charge is -2.41. The Morgan fingerprint density at radius 2 is 1.58 bits per heavy atom. The molecule has 2 aromatic carbocycles. The fourth-order valence-electron chi connectivity index (χ4n) is 2.92. The summed E-state index contributed by atoms with van der Waals surface area (Å²) in [5.74, 6) is 0.282. The van der Waals surface area contributed by atoms with Crippen molar-refractivity contribution in [2.45, 2.75) is 31.6 Å². The summed E-state index contributed by atoms with van der Waals surface area (Å²) >= 11 is 0. The summed E-state index contributed by atoms with van der Waals surface area (Å²) in [4.78, 5) is 12.9. The summed E-state index contributed by atoms with van der Waals surface area (Å²) in [6.07, 6.45) is 3.10. The molecule has 0 amide bonds. The summed E-state index contributed by atoms with van der Waals surface area (Å²) < 4.78 is 0. The molecule has 19 heavy (non-hydrogen) atoms. The van der Waals surface area contributed by atoms with Gasteiger partial charge in [0.2, 0.25) is 0 Å². The normalized spacial score (nSPS) is 16.7. The summed E-state index contributed by atoms with van der Waals surface area (Å²) in [5, 5.41) is 0. The Morgan fingerprint density at radius 3 is 2.11 bits per heavy atom. The van der Waals surface area contributed by atoms with Gasteiger partial charge < -0.3 is 0 Å². The van der Waals surface area contributed by atoms with E-state index < -0.39 is 0 Å². The summed E-state index contributed by atoms with van der Waals surface area (Å²) in [5.41, 5.74) is 2.94. The van der Waals surface area contributed by atoms with E-state index >= 15 is 0 Å². The third kappa shape index (κ3) is 1.99. The van der Waals surface area contributed by atoms with Crippen LogP contribution in [0.15, 0.2) is 54.6 Å². The Bertz CT molecular complexity index is 577. The van der Waals surface area contributed by atoms with Gasteiger partial charge in [-0.1, -0.05) is 66.6 Å². The molecular formula is C18H18O. The van der Waals surface area contributed by atoms with Gasteiger partial charge in [0.25, 0.3) is 0 Å². The van der Waals surface area contributed by atoms with Gasteiger partial charge in [-0.25, -0.2) is 0 Å². The molecule has 0 unspecified atom stereocenters. The molecule has 0 spiro atoms. The van der Waals surface area contributed by atoms with Crippen molar-refractivity contribution in [1.82, 2.24) is 0 Å². The van der Waals surface area contributed by atoms with Crippen LogP contribution in [0.2, 0.25) is 0 Å². The first-order valence-corrected chi connectivity index (χ1v) is 6.89. The number of Topliss-reactive ketones (excluding diaryl/α,β-unsaturated/α-hetero) is 1. The number of hydrogen-bond acceptors (Lipinski definition) is 1. The molecule has 0 atom stereocenters. The molecule has 1 aliphatic rings. The van der Waals surface area contributed by atoms with E-state index in [4.69, 9.17) is 0 Å². The molecule has 1 fully saturated rings. The minimum Gasteiger partial charge on any atom is -0.293 e. The predicted molar refractivity (Wildman–Crippen MR) is 77.5 cm³/mol. The number of hydrogen-bond donors (Lipinski definition) is 0. The first-order valence-electron chi connectivity index (χ1n) is 6.89. The molecule has 0 heterocycles. The smallest absolute Gasteiger partial charge is 0.173 e. The fraction of sp³-hybridized carbons (Fsp3) is 0.278. The largest absolute Gasteiger partial charge is 0.293 e. The number of carbonyl (C=O) groups excluding carboxylic acids is 1. The van der Waals surface area contributed by atoms with Crippen LogP contribution in [0.3, 0.4) is 0 Å². The number of aryl methyl sites for hydroxylation is 1. The highest BCUT2D eigenvalue weighted by atomic mass is 16.1. The molecule has 0 radical (unpaired) electrons. The Labute approximate surface area is 114 Å². The molecule has 0 N–H and O–H groups in total. The quantitative estimate of drug-likeness (QED) is 0.742. The van der Waals surface area contributed by atoms with Crippen LogP contribution in [0, 0.1) is 6.92 Å². The van der Waals surface area contributed by atoms with Crippen molar-refractivity contribution in [1.29, 1.82) is 0 Å². The number of ketones is 1. The fourth-order valence-corrected chi connectivity index (χ4v) is 2.92. The maximum atomic E-state index is 12.9. The van der Waals surface area contributed by atoms with Gasteiger partial charge in [-0.2, -0.15) is 0 Å². The molecule has 1 saturated carbocycles. The van der Waals surface area contributed by atoms with Crippen molar-refractivity contribution >= 4 is 5.78 Å². The third-order valence-electron chi connectivity index (χ3n) is 4.28.